The van der Waals surface area contributed by atoms with Crippen LogP contribution in [0.1, 0.15) is 12.5 Å². The van der Waals surface area contributed by atoms with Crippen molar-refractivity contribution in [3.05, 3.63) is 36.3 Å². The van der Waals surface area contributed by atoms with Crippen LogP contribution in [0, 0.1) is 11.3 Å². The van der Waals surface area contributed by atoms with Crippen LogP contribution in [0.3, 0.4) is 0 Å². The number of methoxy groups -OCH3 is 1. The maximum Gasteiger partial charge on any atom is 0.330 e. The van der Waals surface area contributed by atoms with Gasteiger partial charge in [-0.1, -0.05) is 0 Å². The van der Waals surface area contributed by atoms with Crippen molar-refractivity contribution in [1.29, 1.82) is 5.26 Å². The van der Waals surface area contributed by atoms with Crippen molar-refractivity contribution in [1.82, 2.24) is 9.38 Å². The molecule has 0 aliphatic carbocycles. The van der Waals surface area contributed by atoms with E-state index in [0.29, 0.717) is 11.2 Å². The van der Waals surface area contributed by atoms with E-state index in [0.717, 1.165) is 0 Å². The van der Waals surface area contributed by atoms with Crippen LogP contribution in [0.4, 0.5) is 0 Å². The number of aromatic nitrogens is 2. The molecule has 2 aromatic rings. The molecule has 86 valence electrons. The van der Waals surface area contributed by atoms with E-state index in [2.05, 4.69) is 9.72 Å². The third-order valence-electron chi connectivity index (χ3n) is 2.79. The molecule has 0 amide bonds. The molecule has 0 aromatic carbocycles. The lowest BCUT2D eigenvalue weighted by Gasteiger charge is -2.18. The zero-order valence-corrected chi connectivity index (χ0v) is 9.54. The Balaban J connectivity index is 2.57. The fourth-order valence-corrected chi connectivity index (χ4v) is 1.65. The third kappa shape index (κ3) is 1.64. The van der Waals surface area contributed by atoms with E-state index in [1.165, 1.54) is 14.0 Å². The topological polar surface area (TPSA) is 67.4 Å². The molecule has 0 spiro atoms. The molecule has 2 aromatic heterocycles. The summed E-state index contributed by atoms with van der Waals surface area (Å²) in [5.41, 5.74) is -0.0407. The van der Waals surface area contributed by atoms with Gasteiger partial charge < -0.3 is 9.14 Å². The molecule has 2 heterocycles. The van der Waals surface area contributed by atoms with Gasteiger partial charge in [-0.25, -0.2) is 9.78 Å². The van der Waals surface area contributed by atoms with Gasteiger partial charge in [0, 0.05) is 18.6 Å². The number of pyridine rings is 1. The minimum atomic E-state index is -1.30. The predicted octanol–water partition coefficient (Wildman–Crippen LogP) is 1.29. The number of nitrogens with zero attached hydrogens (tertiary/aromatic N) is 3. The van der Waals surface area contributed by atoms with Gasteiger partial charge >= 0.3 is 5.97 Å². The summed E-state index contributed by atoms with van der Waals surface area (Å²) in [7, 11) is 1.27. The number of ether oxygens (including phenoxy) is 1. The SMILES string of the molecule is COC(=O)C(C)(C#N)c1ccn2ccnc2c1. The van der Waals surface area contributed by atoms with Crippen molar-refractivity contribution in [3.63, 3.8) is 0 Å². The first-order valence-corrected chi connectivity index (χ1v) is 5.04. The first kappa shape index (κ1) is 11.1. The van der Waals surface area contributed by atoms with E-state index in [9.17, 15) is 10.1 Å². The fraction of sp³-hybridized carbons (Fsp3) is 0.250. The molecule has 0 saturated carbocycles. The van der Waals surface area contributed by atoms with E-state index in [4.69, 9.17) is 0 Å². The number of fused-ring (bicyclic) bond motifs is 1. The van der Waals surface area contributed by atoms with Crippen molar-refractivity contribution in [2.24, 2.45) is 0 Å². The number of imidazole rings is 1. The van der Waals surface area contributed by atoms with Crippen molar-refractivity contribution in [3.8, 4) is 6.07 Å². The Morgan fingerprint density at radius 1 is 1.59 bits per heavy atom. The van der Waals surface area contributed by atoms with Gasteiger partial charge in [0.15, 0.2) is 5.41 Å². The lowest BCUT2D eigenvalue weighted by molar-refractivity contribution is -0.144. The zero-order chi connectivity index (χ0) is 12.5. The molecule has 0 saturated heterocycles. The van der Waals surface area contributed by atoms with E-state index >= 15 is 0 Å². The van der Waals surface area contributed by atoms with Gasteiger partial charge in [-0.05, 0) is 24.6 Å². The molecule has 0 bridgehead atoms. The maximum atomic E-state index is 11.7. The summed E-state index contributed by atoms with van der Waals surface area (Å²) in [5, 5.41) is 9.18. The van der Waals surface area contributed by atoms with Crippen molar-refractivity contribution in [2.45, 2.75) is 12.3 Å². The Hall–Kier alpha value is -2.35. The average molecular weight is 229 g/mol. The summed E-state index contributed by atoms with van der Waals surface area (Å²) in [6, 6.07) is 5.42. The number of nitriles is 1. The quantitative estimate of drug-likeness (QED) is 0.728. The van der Waals surface area contributed by atoms with Gasteiger partial charge in [0.1, 0.15) is 5.65 Å². The molecule has 1 unspecified atom stereocenters. The largest absolute Gasteiger partial charge is 0.468 e. The number of carbonyl (C=O) groups excluding carboxylic acids is 1. The summed E-state index contributed by atoms with van der Waals surface area (Å²) < 4.78 is 6.47. The highest BCUT2D eigenvalue weighted by atomic mass is 16.5. The highest BCUT2D eigenvalue weighted by Crippen LogP contribution is 2.25. The molecule has 5 nitrogen and oxygen atoms in total. The number of hydrogen-bond acceptors (Lipinski definition) is 4. The van der Waals surface area contributed by atoms with Crippen molar-refractivity contribution < 1.29 is 9.53 Å². The smallest absolute Gasteiger partial charge is 0.330 e. The summed E-state index contributed by atoms with van der Waals surface area (Å²) in [6.45, 7) is 1.54. The van der Waals surface area contributed by atoms with Crippen LogP contribution in [0.5, 0.6) is 0 Å². The van der Waals surface area contributed by atoms with E-state index in [1.807, 2.05) is 6.07 Å². The number of hydrogen-bond donors (Lipinski definition) is 0. The first-order chi connectivity index (χ1) is 8.11. The van der Waals surface area contributed by atoms with Gasteiger partial charge in [0.05, 0.1) is 13.2 Å². The van der Waals surface area contributed by atoms with Crippen LogP contribution >= 0.6 is 0 Å². The summed E-state index contributed by atoms with van der Waals surface area (Å²) in [4.78, 5) is 15.8. The van der Waals surface area contributed by atoms with Gasteiger partial charge in [-0.15, -0.1) is 0 Å². The van der Waals surface area contributed by atoms with Crippen molar-refractivity contribution in [2.75, 3.05) is 7.11 Å². The van der Waals surface area contributed by atoms with Crippen LogP contribution in [-0.2, 0) is 14.9 Å². The second kappa shape index (κ2) is 3.91. The average Bonchev–Trinajstić information content (AvgIpc) is 2.83. The summed E-state index contributed by atoms with van der Waals surface area (Å²) in [6.07, 6.45) is 5.21. The molecule has 1 atom stereocenters. The predicted molar refractivity (Wildman–Crippen MR) is 60.2 cm³/mol. The molecule has 0 aliphatic rings. The zero-order valence-electron chi connectivity index (χ0n) is 9.54. The van der Waals surface area contributed by atoms with Crippen LogP contribution in [0.25, 0.3) is 5.65 Å². The highest BCUT2D eigenvalue weighted by molar-refractivity contribution is 5.86. The first-order valence-electron chi connectivity index (χ1n) is 5.04. The minimum Gasteiger partial charge on any atom is -0.468 e. The standard InChI is InChI=1S/C12H11N3O2/c1-12(8-13,11(16)17-2)9-3-5-15-6-4-14-10(15)7-9/h3-7H,1-2H3. The molecular weight excluding hydrogens is 218 g/mol. The van der Waals surface area contributed by atoms with Crippen LogP contribution < -0.4 is 0 Å². The molecule has 5 heteroatoms. The highest BCUT2D eigenvalue weighted by Gasteiger charge is 2.37. The van der Waals surface area contributed by atoms with Crippen LogP contribution in [0.2, 0.25) is 0 Å². The molecule has 0 fully saturated rings. The Morgan fingerprint density at radius 2 is 2.35 bits per heavy atom. The van der Waals surface area contributed by atoms with E-state index in [1.54, 1.807) is 35.1 Å². The Bertz CT molecular complexity index is 611. The molecule has 17 heavy (non-hydrogen) atoms. The fourth-order valence-electron chi connectivity index (χ4n) is 1.65. The monoisotopic (exact) mass is 229 g/mol. The molecule has 0 aliphatic heterocycles. The van der Waals surface area contributed by atoms with Gasteiger partial charge in [0.2, 0.25) is 0 Å². The lowest BCUT2D eigenvalue weighted by atomic mass is 9.84. The molecule has 0 radical (unpaired) electrons. The minimum absolute atomic E-state index is 0.573. The number of carbonyl (C=O) groups is 1. The summed E-state index contributed by atoms with van der Waals surface area (Å²) in [5.74, 6) is -0.573. The molecule has 0 N–H and O–H groups in total. The van der Waals surface area contributed by atoms with Gasteiger partial charge in [0.25, 0.3) is 0 Å². The summed E-state index contributed by atoms with van der Waals surface area (Å²) >= 11 is 0. The number of rotatable bonds is 2. The van der Waals surface area contributed by atoms with E-state index in [-0.39, 0.29) is 0 Å². The Kier molecular flexibility index (Phi) is 2.56. The van der Waals surface area contributed by atoms with Gasteiger partial charge in [-0.2, -0.15) is 5.26 Å². The number of esters is 1. The maximum absolute atomic E-state index is 11.7. The third-order valence-corrected chi connectivity index (χ3v) is 2.79. The van der Waals surface area contributed by atoms with E-state index < -0.39 is 11.4 Å². The second-order valence-electron chi connectivity index (χ2n) is 3.84. The molecule has 2 rings (SSSR count). The molecular formula is C12H11N3O2. The van der Waals surface area contributed by atoms with Crippen LogP contribution in [-0.4, -0.2) is 22.5 Å². The second-order valence-corrected chi connectivity index (χ2v) is 3.84. The van der Waals surface area contributed by atoms with Gasteiger partial charge in [-0.3, -0.25) is 0 Å². The Morgan fingerprint density at radius 3 is 3.00 bits per heavy atom. The Labute approximate surface area is 98.3 Å². The van der Waals surface area contributed by atoms with Crippen LogP contribution in [0.15, 0.2) is 30.7 Å². The van der Waals surface area contributed by atoms with Crippen molar-refractivity contribution >= 4 is 11.6 Å². The normalized spacial score (nSPS) is 13.9. The lowest BCUT2D eigenvalue weighted by Crippen LogP contribution is -2.32.